The summed E-state index contributed by atoms with van der Waals surface area (Å²) in [6.07, 6.45) is 7.77. The van der Waals surface area contributed by atoms with Gasteiger partial charge in [-0.25, -0.2) is 0 Å². The van der Waals surface area contributed by atoms with E-state index in [1.807, 2.05) is 6.08 Å². The zero-order valence-corrected chi connectivity index (χ0v) is 10.8. The monoisotopic (exact) mass is 249 g/mol. The SMILES string of the molecule is CC1CN(C2=CCC=C([N+](=O)[O-])C=C2)CC(C)N1. The summed E-state index contributed by atoms with van der Waals surface area (Å²) >= 11 is 0. The van der Waals surface area contributed by atoms with Crippen LogP contribution in [0.15, 0.2) is 35.7 Å². The predicted molar refractivity (Wildman–Crippen MR) is 70.6 cm³/mol. The van der Waals surface area contributed by atoms with Crippen LogP contribution in [0.25, 0.3) is 0 Å². The minimum Gasteiger partial charge on any atom is -0.369 e. The number of allylic oxidation sites excluding steroid dienone is 4. The molecule has 5 nitrogen and oxygen atoms in total. The third-order valence-corrected chi connectivity index (χ3v) is 3.21. The minimum atomic E-state index is -0.337. The second-order valence-electron chi connectivity index (χ2n) is 4.96. The molecule has 0 spiro atoms. The van der Waals surface area contributed by atoms with Crippen LogP contribution in [0.2, 0.25) is 0 Å². The molecule has 1 aliphatic carbocycles. The van der Waals surface area contributed by atoms with Crippen LogP contribution < -0.4 is 5.32 Å². The maximum atomic E-state index is 10.7. The van der Waals surface area contributed by atoms with Crippen LogP contribution in [0.1, 0.15) is 20.3 Å². The lowest BCUT2D eigenvalue weighted by atomic mass is 10.1. The summed E-state index contributed by atoms with van der Waals surface area (Å²) in [7, 11) is 0. The average molecular weight is 249 g/mol. The van der Waals surface area contributed by atoms with Gasteiger partial charge in [-0.3, -0.25) is 10.1 Å². The Bertz CT molecular complexity index is 416. The van der Waals surface area contributed by atoms with Crippen LogP contribution in [0, 0.1) is 10.1 Å². The maximum Gasteiger partial charge on any atom is 0.265 e. The zero-order chi connectivity index (χ0) is 13.1. The van der Waals surface area contributed by atoms with Crippen LogP contribution in [-0.2, 0) is 0 Å². The van der Waals surface area contributed by atoms with Gasteiger partial charge in [-0.2, -0.15) is 0 Å². The molecular weight excluding hydrogens is 230 g/mol. The van der Waals surface area contributed by atoms with Crippen molar-refractivity contribution >= 4 is 0 Å². The first-order chi connectivity index (χ1) is 8.56. The molecule has 0 radical (unpaired) electrons. The van der Waals surface area contributed by atoms with Crippen molar-refractivity contribution in [1.29, 1.82) is 0 Å². The van der Waals surface area contributed by atoms with Gasteiger partial charge in [0, 0.05) is 36.9 Å². The van der Waals surface area contributed by atoms with Gasteiger partial charge in [-0.15, -0.1) is 0 Å². The van der Waals surface area contributed by atoms with Crippen molar-refractivity contribution in [1.82, 2.24) is 10.2 Å². The van der Waals surface area contributed by atoms with E-state index >= 15 is 0 Å². The highest BCUT2D eigenvalue weighted by molar-refractivity contribution is 5.29. The molecular formula is C13H19N3O2. The normalized spacial score (nSPS) is 28.4. The molecule has 5 heteroatoms. The van der Waals surface area contributed by atoms with E-state index < -0.39 is 0 Å². The average Bonchev–Trinajstić information content (AvgIpc) is 2.52. The van der Waals surface area contributed by atoms with E-state index in [4.69, 9.17) is 0 Å². The third kappa shape index (κ3) is 2.98. The Hall–Kier alpha value is -1.62. The Morgan fingerprint density at radius 1 is 1.28 bits per heavy atom. The number of nitro groups is 1. The van der Waals surface area contributed by atoms with E-state index in [1.54, 1.807) is 12.2 Å². The Balaban J connectivity index is 2.09. The van der Waals surface area contributed by atoms with Crippen LogP contribution in [0.3, 0.4) is 0 Å². The highest BCUT2D eigenvalue weighted by Crippen LogP contribution is 2.17. The van der Waals surface area contributed by atoms with Crippen molar-refractivity contribution in [2.75, 3.05) is 13.1 Å². The molecule has 1 heterocycles. The van der Waals surface area contributed by atoms with E-state index in [-0.39, 0.29) is 10.6 Å². The maximum absolute atomic E-state index is 10.7. The summed E-state index contributed by atoms with van der Waals surface area (Å²) < 4.78 is 0. The lowest BCUT2D eigenvalue weighted by Gasteiger charge is -2.38. The lowest BCUT2D eigenvalue weighted by molar-refractivity contribution is -0.419. The predicted octanol–water partition coefficient (Wildman–Crippen LogP) is 1.67. The fraction of sp³-hybridized carbons (Fsp3) is 0.538. The van der Waals surface area contributed by atoms with Crippen molar-refractivity contribution in [3.8, 4) is 0 Å². The van der Waals surface area contributed by atoms with Gasteiger partial charge in [-0.05, 0) is 32.4 Å². The molecule has 0 bridgehead atoms. The third-order valence-electron chi connectivity index (χ3n) is 3.21. The Labute approximate surface area is 107 Å². The molecule has 2 rings (SSSR count). The summed E-state index contributed by atoms with van der Waals surface area (Å²) in [5.74, 6) is 0. The van der Waals surface area contributed by atoms with Gasteiger partial charge in [0.25, 0.3) is 5.70 Å². The van der Waals surface area contributed by atoms with Crippen molar-refractivity contribution in [2.45, 2.75) is 32.4 Å². The van der Waals surface area contributed by atoms with Gasteiger partial charge in [0.05, 0.1) is 4.92 Å². The molecule has 18 heavy (non-hydrogen) atoms. The summed E-state index contributed by atoms with van der Waals surface area (Å²) in [6, 6.07) is 0.878. The van der Waals surface area contributed by atoms with Crippen molar-refractivity contribution < 1.29 is 4.92 Å². The Morgan fingerprint density at radius 3 is 2.56 bits per heavy atom. The van der Waals surface area contributed by atoms with Crippen LogP contribution in [0.5, 0.6) is 0 Å². The number of hydrogen-bond acceptors (Lipinski definition) is 4. The smallest absolute Gasteiger partial charge is 0.265 e. The lowest BCUT2D eigenvalue weighted by Crippen LogP contribution is -2.53. The van der Waals surface area contributed by atoms with Gasteiger partial charge in [0.2, 0.25) is 0 Å². The van der Waals surface area contributed by atoms with Gasteiger partial charge in [-0.1, -0.05) is 6.08 Å². The van der Waals surface area contributed by atoms with Gasteiger partial charge < -0.3 is 10.2 Å². The van der Waals surface area contributed by atoms with Crippen LogP contribution in [-0.4, -0.2) is 35.0 Å². The van der Waals surface area contributed by atoms with E-state index in [9.17, 15) is 10.1 Å². The Morgan fingerprint density at radius 2 is 1.94 bits per heavy atom. The molecule has 2 unspecified atom stereocenters. The first kappa shape index (κ1) is 12.8. The number of nitrogens with one attached hydrogen (secondary N) is 1. The molecule has 2 aliphatic rings. The number of nitrogens with zero attached hydrogens (tertiary/aromatic N) is 2. The van der Waals surface area contributed by atoms with E-state index in [1.165, 1.54) is 0 Å². The van der Waals surface area contributed by atoms with Crippen LogP contribution in [0.4, 0.5) is 0 Å². The summed E-state index contributed by atoms with van der Waals surface area (Å²) in [6.45, 7) is 6.19. The number of hydrogen-bond donors (Lipinski definition) is 1. The molecule has 1 aliphatic heterocycles. The van der Waals surface area contributed by atoms with E-state index in [2.05, 4.69) is 30.1 Å². The number of piperazine rings is 1. The topological polar surface area (TPSA) is 58.4 Å². The molecule has 1 fully saturated rings. The zero-order valence-electron chi connectivity index (χ0n) is 10.8. The summed E-state index contributed by atoms with van der Waals surface area (Å²) in [5.41, 5.74) is 1.26. The first-order valence-corrected chi connectivity index (χ1v) is 6.30. The molecule has 0 amide bonds. The summed E-state index contributed by atoms with van der Waals surface area (Å²) in [5, 5.41) is 14.2. The van der Waals surface area contributed by atoms with Crippen molar-refractivity contribution in [3.63, 3.8) is 0 Å². The second-order valence-corrected chi connectivity index (χ2v) is 4.96. The molecule has 1 N–H and O–H groups in total. The van der Waals surface area contributed by atoms with E-state index in [0.29, 0.717) is 18.5 Å². The van der Waals surface area contributed by atoms with Gasteiger partial charge >= 0.3 is 0 Å². The first-order valence-electron chi connectivity index (χ1n) is 6.30. The fourth-order valence-electron chi connectivity index (χ4n) is 2.51. The molecule has 2 atom stereocenters. The highest BCUT2D eigenvalue weighted by Gasteiger charge is 2.22. The van der Waals surface area contributed by atoms with Crippen molar-refractivity contribution in [2.24, 2.45) is 0 Å². The van der Waals surface area contributed by atoms with Crippen molar-refractivity contribution in [3.05, 3.63) is 45.8 Å². The molecule has 98 valence electrons. The summed E-state index contributed by atoms with van der Waals surface area (Å²) in [4.78, 5) is 12.7. The standard InChI is InChI=1S/C13H19N3O2/c1-10-8-15(9-11(2)14-10)12-4-3-5-13(7-6-12)16(17)18/h4-7,10-11,14H,3,8-9H2,1-2H3. The second kappa shape index (κ2) is 5.35. The fourth-order valence-corrected chi connectivity index (χ4v) is 2.51. The molecule has 1 saturated heterocycles. The van der Waals surface area contributed by atoms with Crippen LogP contribution >= 0.6 is 0 Å². The van der Waals surface area contributed by atoms with Gasteiger partial charge in [0.15, 0.2) is 0 Å². The quantitative estimate of drug-likeness (QED) is 0.597. The van der Waals surface area contributed by atoms with E-state index in [0.717, 1.165) is 18.8 Å². The minimum absolute atomic E-state index is 0.178. The highest BCUT2D eigenvalue weighted by atomic mass is 16.6. The largest absolute Gasteiger partial charge is 0.369 e. The molecule has 0 aromatic carbocycles. The number of rotatable bonds is 2. The van der Waals surface area contributed by atoms with Gasteiger partial charge in [0.1, 0.15) is 0 Å². The molecule has 0 aromatic heterocycles. The Kier molecular flexibility index (Phi) is 3.81. The molecule has 0 saturated carbocycles. The molecule has 0 aromatic rings.